The first-order chi connectivity index (χ1) is 24.2. The number of fused-ring (bicyclic) bond motifs is 1. The van der Waals surface area contributed by atoms with Crippen molar-refractivity contribution in [3.63, 3.8) is 0 Å². The van der Waals surface area contributed by atoms with E-state index in [-0.39, 0.29) is 30.8 Å². The second-order valence-corrected chi connectivity index (χ2v) is 12.9. The quantitative estimate of drug-likeness (QED) is 0.201. The summed E-state index contributed by atoms with van der Waals surface area (Å²) >= 11 is 6.59. The molecule has 14 heteroatoms. The molecular weight excluding hydrogens is 660 g/mol. The van der Waals surface area contributed by atoms with Crippen molar-refractivity contribution in [2.24, 2.45) is 7.05 Å². The van der Waals surface area contributed by atoms with Gasteiger partial charge in [0.1, 0.15) is 12.1 Å². The topological polar surface area (TPSA) is 153 Å². The number of ether oxygens (including phenoxy) is 1. The Morgan fingerprint density at radius 3 is 2.50 bits per heavy atom. The molecule has 13 nitrogen and oxygen atoms in total. The van der Waals surface area contributed by atoms with E-state index in [1.807, 2.05) is 42.5 Å². The van der Waals surface area contributed by atoms with Crippen molar-refractivity contribution in [2.75, 3.05) is 13.1 Å². The van der Waals surface area contributed by atoms with E-state index in [2.05, 4.69) is 30.3 Å². The minimum absolute atomic E-state index is 0.119. The number of carbonyl (C=O) groups excluding carboxylic acids is 1. The SMILES string of the molecule is Cn1nc2c(=O)n(CC3(O)CCN(Cc4ccc(-c5cnco5)cc4Cl)CC3)cnc2c1-c1ccc(CNC(=O)OCc2ccncc2)cc1. The number of rotatable bonds is 10. The molecule has 4 aromatic heterocycles. The Kier molecular flexibility index (Phi) is 9.44. The molecule has 256 valence electrons. The van der Waals surface area contributed by atoms with Gasteiger partial charge in [-0.3, -0.25) is 23.9 Å². The van der Waals surface area contributed by atoms with Crippen LogP contribution in [0.1, 0.15) is 29.5 Å². The van der Waals surface area contributed by atoms with E-state index in [1.54, 1.807) is 42.5 Å². The molecule has 2 aromatic carbocycles. The predicted octanol–water partition coefficient (Wildman–Crippen LogP) is 4.95. The highest BCUT2D eigenvalue weighted by Gasteiger charge is 2.33. The average Bonchev–Trinajstić information content (AvgIpc) is 3.79. The average molecular weight is 695 g/mol. The van der Waals surface area contributed by atoms with Crippen LogP contribution < -0.4 is 10.9 Å². The number of hydrogen-bond donors (Lipinski definition) is 2. The number of amides is 1. The van der Waals surface area contributed by atoms with Gasteiger partial charge in [0.25, 0.3) is 5.56 Å². The van der Waals surface area contributed by atoms with Crippen LogP contribution >= 0.6 is 11.6 Å². The molecule has 1 amide bonds. The number of nitrogens with zero attached hydrogens (tertiary/aromatic N) is 7. The van der Waals surface area contributed by atoms with Gasteiger partial charge < -0.3 is 19.6 Å². The number of hydrogen-bond acceptors (Lipinski definition) is 10. The Balaban J connectivity index is 0.964. The minimum atomic E-state index is -1.07. The fourth-order valence-corrected chi connectivity index (χ4v) is 6.44. The van der Waals surface area contributed by atoms with Crippen LogP contribution in [0.3, 0.4) is 0 Å². The Morgan fingerprint density at radius 1 is 1.02 bits per heavy atom. The van der Waals surface area contributed by atoms with E-state index in [9.17, 15) is 14.7 Å². The summed E-state index contributed by atoms with van der Waals surface area (Å²) in [4.78, 5) is 40.5. The molecule has 6 aromatic rings. The molecule has 2 N–H and O–H groups in total. The lowest BCUT2D eigenvalue weighted by molar-refractivity contribution is -0.0364. The highest BCUT2D eigenvalue weighted by molar-refractivity contribution is 6.31. The lowest BCUT2D eigenvalue weighted by Crippen LogP contribution is -2.47. The normalized spacial score (nSPS) is 14.5. The number of halogens is 1. The first-order valence-corrected chi connectivity index (χ1v) is 16.6. The number of aromatic nitrogens is 6. The van der Waals surface area contributed by atoms with E-state index in [1.165, 1.54) is 17.3 Å². The second-order valence-electron chi connectivity index (χ2n) is 12.5. The zero-order valence-corrected chi connectivity index (χ0v) is 28.1. The Morgan fingerprint density at radius 2 is 1.78 bits per heavy atom. The van der Waals surface area contributed by atoms with Crippen molar-refractivity contribution in [3.05, 3.63) is 118 Å². The molecule has 5 heterocycles. The third-order valence-electron chi connectivity index (χ3n) is 9.01. The van der Waals surface area contributed by atoms with Crippen LogP contribution in [-0.2, 0) is 38.0 Å². The number of nitrogens with one attached hydrogen (secondary N) is 1. The van der Waals surface area contributed by atoms with Crippen molar-refractivity contribution in [2.45, 2.75) is 44.7 Å². The summed E-state index contributed by atoms with van der Waals surface area (Å²) in [6.07, 6.45) is 8.28. The Bertz CT molecular complexity index is 2160. The molecule has 0 radical (unpaired) electrons. The van der Waals surface area contributed by atoms with Gasteiger partial charge in [-0.1, -0.05) is 48.0 Å². The highest BCUT2D eigenvalue weighted by atomic mass is 35.5. The summed E-state index contributed by atoms with van der Waals surface area (Å²) in [6, 6.07) is 17.0. The smallest absolute Gasteiger partial charge is 0.407 e. The van der Waals surface area contributed by atoms with E-state index in [0.29, 0.717) is 54.5 Å². The van der Waals surface area contributed by atoms with Crippen LogP contribution in [0.2, 0.25) is 5.02 Å². The molecule has 0 bridgehead atoms. The Hall–Kier alpha value is -5.37. The van der Waals surface area contributed by atoms with Crippen LogP contribution in [0, 0.1) is 0 Å². The monoisotopic (exact) mass is 694 g/mol. The molecule has 0 saturated carbocycles. The number of benzene rings is 2. The number of alkyl carbamates (subject to hydrolysis) is 1. The number of piperidine rings is 1. The van der Waals surface area contributed by atoms with Gasteiger partial charge >= 0.3 is 6.09 Å². The van der Waals surface area contributed by atoms with Crippen molar-refractivity contribution in [1.29, 1.82) is 0 Å². The minimum Gasteiger partial charge on any atom is -0.445 e. The molecule has 1 saturated heterocycles. The van der Waals surface area contributed by atoms with Gasteiger partial charge in [-0.15, -0.1) is 0 Å². The second kappa shape index (κ2) is 14.2. The fourth-order valence-electron chi connectivity index (χ4n) is 6.20. The van der Waals surface area contributed by atoms with E-state index in [4.69, 9.17) is 20.8 Å². The van der Waals surface area contributed by atoms with E-state index >= 15 is 0 Å². The highest BCUT2D eigenvalue weighted by Crippen LogP contribution is 2.30. The number of aryl methyl sites for hydroxylation is 1. The lowest BCUT2D eigenvalue weighted by Gasteiger charge is -2.38. The van der Waals surface area contributed by atoms with Crippen LogP contribution in [0.25, 0.3) is 33.6 Å². The van der Waals surface area contributed by atoms with Gasteiger partial charge in [0, 0.05) is 61.8 Å². The van der Waals surface area contributed by atoms with Crippen molar-refractivity contribution in [3.8, 4) is 22.6 Å². The zero-order valence-electron chi connectivity index (χ0n) is 27.3. The molecule has 0 unspecified atom stereocenters. The molecule has 0 spiro atoms. The van der Waals surface area contributed by atoms with Crippen LogP contribution in [0.4, 0.5) is 4.79 Å². The molecule has 1 aliphatic rings. The molecule has 7 rings (SSSR count). The molecular formula is C36H35ClN8O5. The van der Waals surface area contributed by atoms with Gasteiger partial charge in [0.05, 0.1) is 30.4 Å². The van der Waals surface area contributed by atoms with Crippen molar-refractivity contribution >= 4 is 28.7 Å². The summed E-state index contributed by atoms with van der Waals surface area (Å²) in [5, 5.41) is 19.4. The number of aliphatic hydroxyl groups is 1. The maximum Gasteiger partial charge on any atom is 0.407 e. The molecule has 1 fully saturated rings. The third kappa shape index (κ3) is 7.30. The molecule has 0 atom stereocenters. The summed E-state index contributed by atoms with van der Waals surface area (Å²) < 4.78 is 13.7. The largest absolute Gasteiger partial charge is 0.445 e. The van der Waals surface area contributed by atoms with Gasteiger partial charge in [0.15, 0.2) is 17.7 Å². The van der Waals surface area contributed by atoms with Crippen LogP contribution in [0.5, 0.6) is 0 Å². The summed E-state index contributed by atoms with van der Waals surface area (Å²) in [5.74, 6) is 0.657. The summed E-state index contributed by atoms with van der Waals surface area (Å²) in [6.45, 7) is 2.50. The van der Waals surface area contributed by atoms with Crippen LogP contribution in [0.15, 0.2) is 95.1 Å². The number of oxazole rings is 1. The predicted molar refractivity (Wildman–Crippen MR) is 186 cm³/mol. The molecule has 0 aliphatic carbocycles. The lowest BCUT2D eigenvalue weighted by atomic mass is 9.91. The number of pyridine rings is 1. The zero-order chi connectivity index (χ0) is 34.7. The first-order valence-electron chi connectivity index (χ1n) is 16.2. The summed E-state index contributed by atoms with van der Waals surface area (Å²) in [7, 11) is 1.77. The maximum atomic E-state index is 13.6. The molecule has 1 aliphatic heterocycles. The fraction of sp³-hybridized carbons (Fsp3) is 0.278. The van der Waals surface area contributed by atoms with Gasteiger partial charge in [-0.2, -0.15) is 5.10 Å². The first kappa shape index (κ1) is 33.1. The van der Waals surface area contributed by atoms with Crippen molar-refractivity contribution < 1.29 is 19.1 Å². The van der Waals surface area contributed by atoms with Gasteiger partial charge in [0.2, 0.25) is 0 Å². The maximum absolute atomic E-state index is 13.6. The Labute approximate surface area is 292 Å². The molecule has 50 heavy (non-hydrogen) atoms. The summed E-state index contributed by atoms with van der Waals surface area (Å²) in [5.41, 5.74) is 4.43. The van der Waals surface area contributed by atoms with Crippen molar-refractivity contribution in [1.82, 2.24) is 39.5 Å². The standard InChI is InChI=1S/C36H35ClN8O5/c1-43-33(26-4-2-24(3-5-26)17-40-35(47)49-20-25-8-12-38-13-9-25)31-32(42-43)34(46)45(22-41-31)21-36(48)10-14-44(15-11-36)19-28-7-6-27(16-29(28)37)30-18-39-23-50-30/h2-9,12-13,16,18,22-23,48H,10-11,14-15,17,19-21H2,1H3,(H,40,47). The van der Waals surface area contributed by atoms with E-state index < -0.39 is 11.7 Å². The van der Waals surface area contributed by atoms with Crippen LogP contribution in [-0.4, -0.2) is 64.1 Å². The third-order valence-corrected chi connectivity index (χ3v) is 9.36. The number of likely N-dealkylation sites (tertiary alicyclic amines) is 1. The van der Waals surface area contributed by atoms with E-state index in [0.717, 1.165) is 27.8 Å². The number of carbonyl (C=O) groups is 1. The van der Waals surface area contributed by atoms with Gasteiger partial charge in [-0.05, 0) is 47.7 Å². The van der Waals surface area contributed by atoms with Gasteiger partial charge in [-0.25, -0.2) is 14.8 Å².